The van der Waals surface area contributed by atoms with Crippen molar-refractivity contribution in [2.75, 3.05) is 78.5 Å². The van der Waals surface area contributed by atoms with Gasteiger partial charge in [-0.1, -0.05) is 118 Å². The molecule has 5 aromatic carbocycles. The molecular weight excluding hydrogens is 1260 g/mol. The molecule has 1 fully saturated rings. The largest absolute Gasteiger partial charge is 0.497 e. The number of benzene rings is 5. The van der Waals surface area contributed by atoms with Gasteiger partial charge in [-0.3, -0.25) is 29.1 Å². The molecule has 2 amide bonds. The summed E-state index contributed by atoms with van der Waals surface area (Å²) in [5, 5.41) is 15.1. The third-order valence-corrected chi connectivity index (χ3v) is 18.1. The number of nitrogens with zero attached hydrogens (tertiary/aromatic N) is 7. The first-order valence-electron chi connectivity index (χ1n) is 32.4. The van der Waals surface area contributed by atoms with Gasteiger partial charge in [-0.15, -0.1) is 0 Å². The lowest BCUT2D eigenvalue weighted by molar-refractivity contribution is -0.119. The van der Waals surface area contributed by atoms with Crippen LogP contribution < -0.4 is 20.1 Å². The van der Waals surface area contributed by atoms with Gasteiger partial charge >= 0.3 is 11.9 Å². The molecule has 2 N–H and O–H groups in total. The summed E-state index contributed by atoms with van der Waals surface area (Å²) in [7, 11) is 4.98. The number of ketones is 2. The number of nitrogens with one attached hydrogen (secondary N) is 2. The molecule has 0 saturated carbocycles. The van der Waals surface area contributed by atoms with Gasteiger partial charge in [0.05, 0.1) is 64.0 Å². The number of Topliss-reactive ketones (excluding diaryl/α,β-unsaturated/α-hetero) is 2. The molecule has 0 bridgehead atoms. The first-order valence-corrected chi connectivity index (χ1v) is 33.6. The van der Waals surface area contributed by atoms with Crippen LogP contribution in [0.5, 0.6) is 11.5 Å². The van der Waals surface area contributed by atoms with Crippen LogP contribution in [0.25, 0.3) is 11.2 Å². The number of methoxy groups -OCH3 is 2. The Bertz CT molecular complexity index is 3770. The Morgan fingerprint density at radius 2 is 1.19 bits per heavy atom. The van der Waals surface area contributed by atoms with E-state index in [9.17, 15) is 34.0 Å². The lowest BCUT2D eigenvalue weighted by Gasteiger charge is -2.39. The normalized spacial score (nSPS) is 15.7. The average molecular weight is 1350 g/mol. The highest BCUT2D eigenvalue weighted by molar-refractivity contribution is 7.44. The summed E-state index contributed by atoms with van der Waals surface area (Å²) in [4.78, 5) is 97.9. The van der Waals surface area contributed by atoms with Crippen molar-refractivity contribution in [2.45, 2.75) is 129 Å². The number of carbonyl (C=O) groups excluding carboxylic acids is 6. The SMILES string of the molecule is CCCCC(=O)c1ccccc1C(=O)OCC(=O)Nc1nc(NC(=O)COC(=O)c2ccccc2C(=O)CCCC)c2ncn([C@@H]3O[C@H](COC(c4ccccc4)(c4ccc(OC)cc4)c4ccc(OC)cc4)[C@@H](OP(OCCC#N)N(C(C)C)C(C)C)[C@H]3OCCN(C)C)c2n1. The second-order valence-electron chi connectivity index (χ2n) is 23.7. The maximum Gasteiger partial charge on any atom is 0.339 e. The maximum atomic E-state index is 14.1. The molecular formula is C72H86N9O15P. The number of carbonyl (C=O) groups is 6. The van der Waals surface area contributed by atoms with Crippen LogP contribution in [0.15, 0.2) is 134 Å². The molecule has 0 aliphatic carbocycles. The number of imidazole rings is 1. The van der Waals surface area contributed by atoms with E-state index in [1.165, 1.54) is 30.6 Å². The molecule has 7 aromatic rings. The van der Waals surface area contributed by atoms with Gasteiger partial charge in [-0.05, 0) is 108 Å². The van der Waals surface area contributed by atoms with Gasteiger partial charge in [0.15, 0.2) is 48.0 Å². The molecule has 25 heteroatoms. The lowest BCUT2D eigenvalue weighted by atomic mass is 9.80. The number of amides is 2. The van der Waals surface area contributed by atoms with Crippen LogP contribution in [0.4, 0.5) is 11.8 Å². The Morgan fingerprint density at radius 3 is 1.69 bits per heavy atom. The Balaban J connectivity index is 1.24. The molecule has 1 saturated heterocycles. The summed E-state index contributed by atoms with van der Waals surface area (Å²) in [6, 6.07) is 39.2. The molecule has 0 spiro atoms. The van der Waals surface area contributed by atoms with E-state index in [0.29, 0.717) is 30.9 Å². The first kappa shape index (κ1) is 73.9. The third kappa shape index (κ3) is 18.8. The van der Waals surface area contributed by atoms with Crippen LogP contribution in [0.1, 0.15) is 151 Å². The molecule has 3 heterocycles. The number of rotatable bonds is 37. The molecule has 1 unspecified atom stereocenters. The van der Waals surface area contributed by atoms with Gasteiger partial charge in [0.2, 0.25) is 5.95 Å². The molecule has 514 valence electrons. The zero-order valence-electron chi connectivity index (χ0n) is 56.6. The van der Waals surface area contributed by atoms with Gasteiger partial charge < -0.3 is 52.4 Å². The fraction of sp³-hybridized carbons (Fsp3) is 0.417. The van der Waals surface area contributed by atoms with E-state index < -0.39 is 81.6 Å². The van der Waals surface area contributed by atoms with Crippen molar-refractivity contribution in [3.63, 3.8) is 0 Å². The molecule has 97 heavy (non-hydrogen) atoms. The summed E-state index contributed by atoms with van der Waals surface area (Å²) >= 11 is 0. The van der Waals surface area contributed by atoms with E-state index in [2.05, 4.69) is 26.4 Å². The smallest absolute Gasteiger partial charge is 0.339 e. The van der Waals surface area contributed by atoms with Crippen molar-refractivity contribution in [2.24, 2.45) is 0 Å². The highest BCUT2D eigenvalue weighted by Crippen LogP contribution is 2.52. The van der Waals surface area contributed by atoms with Crippen molar-refractivity contribution in [1.29, 1.82) is 5.26 Å². The number of hydrogen-bond acceptors (Lipinski definition) is 21. The molecule has 24 nitrogen and oxygen atoms in total. The predicted octanol–water partition coefficient (Wildman–Crippen LogP) is 11.7. The summed E-state index contributed by atoms with van der Waals surface area (Å²) in [6.45, 7) is 10.7. The average Bonchev–Trinajstić information content (AvgIpc) is 1.73. The van der Waals surface area contributed by atoms with Crippen LogP contribution >= 0.6 is 8.53 Å². The Hall–Kier alpha value is -8.89. The summed E-state index contributed by atoms with van der Waals surface area (Å²) in [5.74, 6) is -3.56. The fourth-order valence-electron chi connectivity index (χ4n) is 11.2. The zero-order chi connectivity index (χ0) is 69.6. The topological polar surface area (TPSA) is 283 Å². The summed E-state index contributed by atoms with van der Waals surface area (Å²) in [5.41, 5.74) is 1.11. The minimum Gasteiger partial charge on any atom is -0.497 e. The van der Waals surface area contributed by atoms with Gasteiger partial charge in [0.25, 0.3) is 20.3 Å². The minimum atomic E-state index is -2.01. The van der Waals surface area contributed by atoms with Crippen LogP contribution in [0.2, 0.25) is 0 Å². The van der Waals surface area contributed by atoms with E-state index in [4.69, 9.17) is 52.2 Å². The quantitative estimate of drug-likeness (QED) is 0.0120. The lowest BCUT2D eigenvalue weighted by Crippen LogP contribution is -2.43. The van der Waals surface area contributed by atoms with Gasteiger partial charge in [-0.2, -0.15) is 15.2 Å². The summed E-state index contributed by atoms with van der Waals surface area (Å²) in [6.07, 6.45) is 0.264. The van der Waals surface area contributed by atoms with Crippen molar-refractivity contribution in [1.82, 2.24) is 29.1 Å². The molecule has 0 radical (unpaired) electrons. The highest BCUT2D eigenvalue weighted by Gasteiger charge is 2.52. The monoisotopic (exact) mass is 1350 g/mol. The second-order valence-corrected chi connectivity index (χ2v) is 25.2. The standard InChI is InChI=1S/C72H86N9O15P/c1-11-13-29-58(82)54-25-18-20-27-56(54)69(86)91-44-61(84)75-66-63-67(78-71(77-66)76-62(85)45-92-70(87)57-28-21-19-26-55(57)59(83)30-14-12-2)80(46-74-63)68-65(90-42-40-79(7)8)64(96-97(94-41-22-39-73)81(47(3)4)48(5)6)60(95-68)43-93-72(49-23-16-15-17-24-49,50-31-35-52(88-9)36-32-50)51-33-37-53(89-10)38-34-51/h15-21,23-28,31-38,46-48,60,64-65,68H,11-14,22,29-30,40-45H2,1-10H3,(H2,75,76,77,78,84,85)/t60-,64-,65-,68-,97?/m1/s1. The molecule has 1 aliphatic heterocycles. The number of unbranched alkanes of at least 4 members (excludes halogenated alkanes) is 2. The van der Waals surface area contributed by atoms with Crippen LogP contribution in [0.3, 0.4) is 0 Å². The molecule has 2 aromatic heterocycles. The van der Waals surface area contributed by atoms with E-state index in [-0.39, 0.29) is 102 Å². The van der Waals surface area contributed by atoms with Crippen molar-refractivity contribution >= 4 is 66.8 Å². The van der Waals surface area contributed by atoms with E-state index in [1.807, 2.05) is 139 Å². The number of anilines is 2. The predicted molar refractivity (Wildman–Crippen MR) is 364 cm³/mol. The van der Waals surface area contributed by atoms with Gasteiger partial charge in [0, 0.05) is 42.6 Å². The molecule has 5 atom stereocenters. The van der Waals surface area contributed by atoms with Crippen molar-refractivity contribution in [3.05, 3.63) is 173 Å². The van der Waals surface area contributed by atoms with E-state index in [1.54, 1.807) is 43.1 Å². The van der Waals surface area contributed by atoms with Crippen molar-refractivity contribution in [3.8, 4) is 17.6 Å². The number of aromatic nitrogens is 4. The number of hydrogen-bond donors (Lipinski definition) is 2. The van der Waals surface area contributed by atoms with Crippen LogP contribution in [-0.2, 0) is 47.9 Å². The minimum absolute atomic E-state index is 0.0172. The Morgan fingerprint density at radius 1 is 0.670 bits per heavy atom. The Labute approximate surface area is 567 Å². The number of esters is 2. The molecule has 8 rings (SSSR count). The highest BCUT2D eigenvalue weighted by atomic mass is 31.2. The zero-order valence-corrected chi connectivity index (χ0v) is 57.5. The second kappa shape index (κ2) is 35.9. The maximum absolute atomic E-state index is 14.1. The van der Waals surface area contributed by atoms with Gasteiger partial charge in [-0.25, -0.2) is 19.2 Å². The van der Waals surface area contributed by atoms with Crippen LogP contribution in [0, 0.1) is 11.3 Å². The van der Waals surface area contributed by atoms with E-state index >= 15 is 0 Å². The van der Waals surface area contributed by atoms with Crippen LogP contribution in [-0.4, -0.2) is 163 Å². The van der Waals surface area contributed by atoms with E-state index in [0.717, 1.165) is 29.5 Å². The first-order chi connectivity index (χ1) is 46.8. The number of fused-ring (bicyclic) bond motifs is 1. The summed E-state index contributed by atoms with van der Waals surface area (Å²) < 4.78 is 61.8. The fourth-order valence-corrected chi connectivity index (χ4v) is 12.9. The number of nitriles is 1. The third-order valence-electron chi connectivity index (χ3n) is 15.9. The molecule has 1 aliphatic rings. The van der Waals surface area contributed by atoms with Gasteiger partial charge in [0.1, 0.15) is 35.4 Å². The number of ether oxygens (including phenoxy) is 7. The Kier molecular flexibility index (Phi) is 27.4. The van der Waals surface area contributed by atoms with Crippen molar-refractivity contribution < 1.29 is 71.0 Å². The number of likely N-dealkylation sites (N-methyl/N-ethyl adjacent to an activating group) is 1.